The van der Waals surface area contributed by atoms with Crippen LogP contribution in [-0.4, -0.2) is 98.6 Å². The van der Waals surface area contributed by atoms with Crippen molar-refractivity contribution in [2.75, 3.05) is 61.2 Å². The van der Waals surface area contributed by atoms with Gasteiger partial charge in [0.15, 0.2) is 28.8 Å². The summed E-state index contributed by atoms with van der Waals surface area (Å²) in [5.74, 6) is 1.79. The maximum atomic E-state index is 14.2. The van der Waals surface area contributed by atoms with Gasteiger partial charge >= 0.3 is 5.97 Å². The fraction of sp³-hybridized carbons (Fsp3) is 0.450. The highest BCUT2D eigenvalue weighted by Crippen LogP contribution is 2.44. The molecule has 0 aliphatic carbocycles. The molecule has 0 saturated carbocycles. The smallest absolute Gasteiger partial charge is 0.311 e. The van der Waals surface area contributed by atoms with Gasteiger partial charge in [-0.2, -0.15) is 0 Å². The summed E-state index contributed by atoms with van der Waals surface area (Å²) in [7, 11) is 6.18. The third-order valence-electron chi connectivity index (χ3n) is 10.5. The molecule has 276 valence electrons. The van der Waals surface area contributed by atoms with Crippen LogP contribution in [0.5, 0.6) is 28.7 Å². The van der Waals surface area contributed by atoms with Gasteiger partial charge in [0.05, 0.1) is 39.5 Å². The van der Waals surface area contributed by atoms with E-state index in [-0.39, 0.29) is 46.7 Å². The number of H-pyrrole nitrogens is 1. The maximum Gasteiger partial charge on any atom is 0.311 e. The van der Waals surface area contributed by atoms with Gasteiger partial charge < -0.3 is 38.5 Å². The van der Waals surface area contributed by atoms with Crippen molar-refractivity contribution in [3.05, 3.63) is 71.5 Å². The molecular weight excluding hydrogens is 664 g/mol. The van der Waals surface area contributed by atoms with Gasteiger partial charge in [-0.3, -0.25) is 14.4 Å². The zero-order valence-electron chi connectivity index (χ0n) is 30.7. The second-order valence-electron chi connectivity index (χ2n) is 13.6. The Morgan fingerprint density at radius 1 is 0.865 bits per heavy atom. The summed E-state index contributed by atoms with van der Waals surface area (Å²) in [6.45, 7) is 5.33. The Kier molecular flexibility index (Phi) is 11.3. The molecule has 1 aromatic heterocycles. The van der Waals surface area contributed by atoms with Crippen LogP contribution in [0.15, 0.2) is 54.6 Å². The average Bonchev–Trinajstić information content (AvgIpc) is 3.82. The monoisotopic (exact) mass is 712 g/mol. The second kappa shape index (κ2) is 16.1. The van der Waals surface area contributed by atoms with Crippen molar-refractivity contribution in [1.82, 2.24) is 19.8 Å². The fourth-order valence-electron chi connectivity index (χ4n) is 7.51. The van der Waals surface area contributed by atoms with Crippen LogP contribution in [0.1, 0.15) is 72.0 Å². The number of methoxy groups -OCH3 is 4. The Labute approximate surface area is 304 Å². The molecule has 3 aromatic carbocycles. The van der Waals surface area contributed by atoms with E-state index in [1.54, 1.807) is 26.4 Å². The van der Waals surface area contributed by atoms with Crippen molar-refractivity contribution in [3.63, 3.8) is 0 Å². The first-order valence-electron chi connectivity index (χ1n) is 17.9. The van der Waals surface area contributed by atoms with E-state index < -0.39 is 5.97 Å². The van der Waals surface area contributed by atoms with Gasteiger partial charge in [-0.15, -0.1) is 0 Å². The number of hydrogen-bond donors (Lipinski definition) is 1. The highest BCUT2D eigenvalue weighted by molar-refractivity contribution is 5.97. The Morgan fingerprint density at radius 2 is 1.56 bits per heavy atom. The molecule has 1 unspecified atom stereocenters. The lowest BCUT2D eigenvalue weighted by Gasteiger charge is -2.36. The predicted molar refractivity (Wildman–Crippen MR) is 196 cm³/mol. The van der Waals surface area contributed by atoms with Gasteiger partial charge in [-0.25, -0.2) is 4.98 Å². The predicted octanol–water partition coefficient (Wildman–Crippen LogP) is 6.07. The molecule has 0 radical (unpaired) electrons. The number of fused-ring (bicyclic) bond motifs is 1. The molecule has 52 heavy (non-hydrogen) atoms. The minimum atomic E-state index is -0.403. The van der Waals surface area contributed by atoms with Crippen LogP contribution in [0.25, 0.3) is 11.0 Å². The number of para-hydroxylation sites is 2. The van der Waals surface area contributed by atoms with E-state index in [1.807, 2.05) is 48.2 Å². The molecule has 1 N–H and O–H groups in total. The first kappa shape index (κ1) is 36.7. The summed E-state index contributed by atoms with van der Waals surface area (Å²) in [6, 6.07) is 16.9. The van der Waals surface area contributed by atoms with Gasteiger partial charge in [-0.05, 0) is 93.7 Å². The number of nitrogens with one attached hydrogen (secondary N) is 1. The normalized spacial score (nSPS) is 18.0. The summed E-state index contributed by atoms with van der Waals surface area (Å²) in [4.78, 5) is 51.9. The molecule has 0 spiro atoms. The summed E-state index contributed by atoms with van der Waals surface area (Å²) in [6.07, 6.45) is 3.95. The number of likely N-dealkylation sites (tertiary alicyclic amines) is 2. The molecule has 2 aliphatic heterocycles. The van der Waals surface area contributed by atoms with Gasteiger partial charge in [-0.1, -0.05) is 25.1 Å². The standard InChI is InChI=1S/C40H48N4O8/c1-6-9-35(45)52-37-33(50-4)22-27(23-34(37)51-5)39(47)44-21-17-40(25-44,28-12-13-31(48-2)32(24-28)49-3)16-20-43-18-14-26(15-19-43)36(46)38-41-29-10-7-8-11-30(29)42-38/h7-8,10-13,22-24,26H,6,9,14-21,25H2,1-5H3,(H,41,42). The molecule has 12 nitrogen and oxygen atoms in total. The Balaban J connectivity index is 1.19. The highest BCUT2D eigenvalue weighted by Gasteiger charge is 2.43. The first-order chi connectivity index (χ1) is 25.2. The highest BCUT2D eigenvalue weighted by atomic mass is 16.6. The molecule has 3 heterocycles. The summed E-state index contributed by atoms with van der Waals surface area (Å²) < 4.78 is 27.9. The van der Waals surface area contributed by atoms with Crippen LogP contribution in [0.4, 0.5) is 0 Å². The molecule has 1 amide bonds. The number of benzene rings is 3. The molecular formula is C40H48N4O8. The van der Waals surface area contributed by atoms with Crippen LogP contribution >= 0.6 is 0 Å². The Hall–Kier alpha value is -5.10. The molecule has 0 bridgehead atoms. The second-order valence-corrected chi connectivity index (χ2v) is 13.6. The average molecular weight is 713 g/mol. The van der Waals surface area contributed by atoms with E-state index in [2.05, 4.69) is 20.9 Å². The molecule has 12 heteroatoms. The molecule has 2 saturated heterocycles. The quantitative estimate of drug-likeness (QED) is 0.0933. The lowest BCUT2D eigenvalue weighted by atomic mass is 9.76. The van der Waals surface area contributed by atoms with E-state index in [9.17, 15) is 14.4 Å². The van der Waals surface area contributed by atoms with Crippen molar-refractivity contribution in [1.29, 1.82) is 0 Å². The third-order valence-corrected chi connectivity index (χ3v) is 10.5. The third kappa shape index (κ3) is 7.57. The van der Waals surface area contributed by atoms with Crippen molar-refractivity contribution >= 4 is 28.7 Å². The van der Waals surface area contributed by atoms with Crippen LogP contribution < -0.4 is 23.7 Å². The number of ether oxygens (including phenoxy) is 5. The topological polar surface area (TPSA) is 133 Å². The number of piperidine rings is 1. The molecule has 6 rings (SSSR count). The number of aromatic amines is 1. The SMILES string of the molecule is CCCC(=O)Oc1c(OC)cc(C(=O)N2CCC(CCN3CCC(C(=O)c4nc5ccccc5[nH]4)CC3)(c3ccc(OC)c(OC)c3)C2)cc1OC. The number of esters is 1. The minimum Gasteiger partial charge on any atom is -0.493 e. The number of aromatic nitrogens is 2. The zero-order chi connectivity index (χ0) is 36.8. The van der Waals surface area contributed by atoms with E-state index in [4.69, 9.17) is 23.7 Å². The number of rotatable bonds is 14. The Bertz CT molecular complexity index is 1860. The maximum absolute atomic E-state index is 14.2. The van der Waals surface area contributed by atoms with Gasteiger partial charge in [0.25, 0.3) is 5.91 Å². The number of ketones is 1. The summed E-state index contributed by atoms with van der Waals surface area (Å²) in [5, 5.41) is 0. The summed E-state index contributed by atoms with van der Waals surface area (Å²) >= 11 is 0. The number of nitrogens with zero attached hydrogens (tertiary/aromatic N) is 3. The number of amides is 1. The van der Waals surface area contributed by atoms with Crippen molar-refractivity contribution in [2.24, 2.45) is 5.92 Å². The van der Waals surface area contributed by atoms with Crippen molar-refractivity contribution < 1.29 is 38.1 Å². The summed E-state index contributed by atoms with van der Waals surface area (Å²) in [5.41, 5.74) is 2.76. The van der Waals surface area contributed by atoms with Gasteiger partial charge in [0.2, 0.25) is 11.5 Å². The number of carbonyl (C=O) groups excluding carboxylic acids is 3. The van der Waals surface area contributed by atoms with Gasteiger partial charge in [0, 0.05) is 36.4 Å². The van der Waals surface area contributed by atoms with E-state index in [0.29, 0.717) is 42.4 Å². The van der Waals surface area contributed by atoms with Crippen LogP contribution in [0.3, 0.4) is 0 Å². The van der Waals surface area contributed by atoms with E-state index in [0.717, 1.165) is 61.9 Å². The molecule has 4 aromatic rings. The number of hydrogen-bond acceptors (Lipinski definition) is 10. The van der Waals surface area contributed by atoms with Gasteiger partial charge in [0.1, 0.15) is 0 Å². The van der Waals surface area contributed by atoms with Crippen LogP contribution in [0, 0.1) is 5.92 Å². The van der Waals surface area contributed by atoms with Crippen LogP contribution in [-0.2, 0) is 10.2 Å². The number of carbonyl (C=O) groups is 3. The molecule has 2 fully saturated rings. The first-order valence-corrected chi connectivity index (χ1v) is 17.9. The van der Waals surface area contributed by atoms with Crippen LogP contribution in [0.2, 0.25) is 0 Å². The fourth-order valence-corrected chi connectivity index (χ4v) is 7.51. The van der Waals surface area contributed by atoms with E-state index in [1.165, 1.54) is 14.2 Å². The van der Waals surface area contributed by atoms with Crippen molar-refractivity contribution in [2.45, 2.75) is 50.9 Å². The van der Waals surface area contributed by atoms with E-state index >= 15 is 0 Å². The zero-order valence-corrected chi connectivity index (χ0v) is 30.7. The minimum absolute atomic E-state index is 0.0722. The van der Waals surface area contributed by atoms with Crippen molar-refractivity contribution in [3.8, 4) is 28.7 Å². The molecule has 1 atom stereocenters. The number of Topliss-reactive ketones (excluding diaryl/α,β-unsaturated/α-hetero) is 1. The Morgan fingerprint density at radius 3 is 2.21 bits per heavy atom. The largest absolute Gasteiger partial charge is 0.493 e. The molecule has 2 aliphatic rings. The lowest BCUT2D eigenvalue weighted by molar-refractivity contribution is -0.134. The lowest BCUT2D eigenvalue weighted by Crippen LogP contribution is -2.41. The number of imidazole rings is 1.